The van der Waals surface area contributed by atoms with E-state index in [0.29, 0.717) is 28.1 Å². The van der Waals surface area contributed by atoms with Crippen LogP contribution >= 0.6 is 11.3 Å². The van der Waals surface area contributed by atoms with Crippen molar-refractivity contribution in [3.63, 3.8) is 0 Å². The summed E-state index contributed by atoms with van der Waals surface area (Å²) in [5.74, 6) is -0.832. The number of carbonyl (C=O) groups is 2. The Hall–Kier alpha value is -3.71. The van der Waals surface area contributed by atoms with Gasteiger partial charge in [0.2, 0.25) is 0 Å². The highest BCUT2D eigenvalue weighted by Crippen LogP contribution is 2.38. The van der Waals surface area contributed by atoms with Crippen LogP contribution in [0.25, 0.3) is 11.0 Å². The highest BCUT2D eigenvalue weighted by molar-refractivity contribution is 7.17. The molecule has 172 valence electrons. The summed E-state index contributed by atoms with van der Waals surface area (Å²) in [5, 5.41) is 6.78. The number of thiophene rings is 1. The Balaban J connectivity index is 1.46. The zero-order chi connectivity index (χ0) is 23.7. The third-order valence-corrected chi connectivity index (χ3v) is 7.30. The number of aryl methyl sites for hydroxylation is 2. The molecule has 1 aliphatic rings. The predicted octanol–water partition coefficient (Wildman–Crippen LogP) is 5.22. The van der Waals surface area contributed by atoms with Gasteiger partial charge < -0.3 is 15.1 Å². The van der Waals surface area contributed by atoms with Gasteiger partial charge in [0.15, 0.2) is 11.2 Å². The number of carbonyl (C=O) groups excluding carboxylic acids is 2. The van der Waals surface area contributed by atoms with Crippen molar-refractivity contribution in [1.29, 1.82) is 0 Å². The zero-order valence-electron chi connectivity index (χ0n) is 18.8. The largest absolute Gasteiger partial charge is 0.450 e. The second kappa shape index (κ2) is 9.27. The molecule has 4 aromatic rings. The van der Waals surface area contributed by atoms with E-state index >= 15 is 0 Å². The van der Waals surface area contributed by atoms with Crippen LogP contribution in [-0.2, 0) is 19.4 Å². The Kier molecular flexibility index (Phi) is 6.02. The van der Waals surface area contributed by atoms with E-state index < -0.39 is 5.91 Å². The second-order valence-corrected chi connectivity index (χ2v) is 9.57. The number of hydrogen-bond acceptors (Lipinski definition) is 5. The van der Waals surface area contributed by atoms with Gasteiger partial charge in [-0.3, -0.25) is 14.4 Å². The van der Waals surface area contributed by atoms with E-state index in [-0.39, 0.29) is 17.1 Å². The first-order chi connectivity index (χ1) is 16.5. The zero-order valence-corrected chi connectivity index (χ0v) is 19.6. The van der Waals surface area contributed by atoms with Crippen molar-refractivity contribution in [1.82, 2.24) is 5.32 Å². The average Bonchev–Trinajstić information content (AvgIpc) is 3.21. The summed E-state index contributed by atoms with van der Waals surface area (Å²) in [4.78, 5) is 40.0. The average molecular weight is 473 g/mol. The minimum absolute atomic E-state index is 0.0752. The lowest BCUT2D eigenvalue weighted by molar-refractivity contribution is 0.0951. The standard InChI is InChI=1S/C27H24N2O4S/c1-16-8-7-12-18-20(30)14-21(33-24(16)18)25(31)29-27-23(19-11-5-6-13-22(19)34-27)26(32)28-15-17-9-3-2-4-10-17/h2-4,7-10,12,14H,5-6,11,13,15H2,1H3,(H,28,32)(H,29,31). The van der Waals surface area contributed by atoms with Gasteiger partial charge in [-0.1, -0.05) is 42.5 Å². The SMILES string of the molecule is Cc1cccc2c(=O)cc(C(=O)Nc3sc4c(c3C(=O)NCc3ccccc3)CCCC4)oc12. The maximum Gasteiger partial charge on any atom is 0.292 e. The second-order valence-electron chi connectivity index (χ2n) is 8.46. The van der Waals surface area contributed by atoms with Gasteiger partial charge in [0.05, 0.1) is 10.9 Å². The molecule has 34 heavy (non-hydrogen) atoms. The first-order valence-corrected chi connectivity index (χ1v) is 12.1. The fourth-order valence-corrected chi connectivity index (χ4v) is 5.64. The van der Waals surface area contributed by atoms with Crippen LogP contribution in [-0.4, -0.2) is 11.8 Å². The normalized spacial score (nSPS) is 12.9. The molecule has 2 aromatic carbocycles. The third-order valence-electron chi connectivity index (χ3n) is 6.10. The molecule has 7 heteroatoms. The van der Waals surface area contributed by atoms with E-state index in [4.69, 9.17) is 4.42 Å². The molecule has 0 radical (unpaired) electrons. The number of benzene rings is 2. The Morgan fingerprint density at radius 1 is 1.00 bits per heavy atom. The molecular formula is C27H24N2O4S. The van der Waals surface area contributed by atoms with E-state index in [2.05, 4.69) is 10.6 Å². The van der Waals surface area contributed by atoms with Crippen LogP contribution in [0.2, 0.25) is 0 Å². The molecule has 0 saturated heterocycles. The molecular weight excluding hydrogens is 448 g/mol. The molecule has 2 heterocycles. The van der Waals surface area contributed by atoms with Crippen LogP contribution in [0.4, 0.5) is 5.00 Å². The number of para-hydroxylation sites is 1. The van der Waals surface area contributed by atoms with Gasteiger partial charge >= 0.3 is 0 Å². The van der Waals surface area contributed by atoms with Crippen molar-refractivity contribution in [3.8, 4) is 0 Å². The van der Waals surface area contributed by atoms with E-state index in [1.807, 2.05) is 43.3 Å². The molecule has 2 amide bonds. The number of rotatable bonds is 5. The third kappa shape index (κ3) is 4.26. The number of anilines is 1. The molecule has 0 bridgehead atoms. The van der Waals surface area contributed by atoms with Crippen LogP contribution < -0.4 is 16.1 Å². The highest BCUT2D eigenvalue weighted by atomic mass is 32.1. The van der Waals surface area contributed by atoms with E-state index in [0.717, 1.165) is 47.3 Å². The fourth-order valence-electron chi connectivity index (χ4n) is 4.36. The lowest BCUT2D eigenvalue weighted by atomic mass is 9.95. The summed E-state index contributed by atoms with van der Waals surface area (Å²) in [6.45, 7) is 2.23. The van der Waals surface area contributed by atoms with E-state index in [1.54, 1.807) is 12.1 Å². The maximum atomic E-state index is 13.2. The molecule has 6 nitrogen and oxygen atoms in total. The summed E-state index contributed by atoms with van der Waals surface area (Å²) in [6.07, 6.45) is 3.76. The minimum Gasteiger partial charge on any atom is -0.450 e. The number of amides is 2. The van der Waals surface area contributed by atoms with Gasteiger partial charge in [-0.2, -0.15) is 0 Å². The number of fused-ring (bicyclic) bond motifs is 2. The smallest absolute Gasteiger partial charge is 0.292 e. The molecule has 0 fully saturated rings. The van der Waals surface area contributed by atoms with Crippen LogP contribution in [0.3, 0.4) is 0 Å². The summed E-state index contributed by atoms with van der Waals surface area (Å²) < 4.78 is 5.81. The van der Waals surface area contributed by atoms with E-state index in [9.17, 15) is 14.4 Å². The van der Waals surface area contributed by atoms with Gasteiger partial charge in [-0.15, -0.1) is 11.3 Å². The molecule has 2 aromatic heterocycles. The van der Waals surface area contributed by atoms with Gasteiger partial charge in [0, 0.05) is 17.5 Å². The Morgan fingerprint density at radius 2 is 1.79 bits per heavy atom. The van der Waals surface area contributed by atoms with Gasteiger partial charge in [0.25, 0.3) is 11.8 Å². The van der Waals surface area contributed by atoms with Crippen LogP contribution in [0, 0.1) is 6.92 Å². The van der Waals surface area contributed by atoms with Crippen molar-refractivity contribution >= 4 is 39.1 Å². The van der Waals surface area contributed by atoms with Crippen molar-refractivity contribution in [3.05, 3.63) is 97.7 Å². The van der Waals surface area contributed by atoms with Crippen LogP contribution in [0.5, 0.6) is 0 Å². The molecule has 0 saturated carbocycles. The summed E-state index contributed by atoms with van der Waals surface area (Å²) in [6, 6.07) is 16.2. The van der Waals surface area contributed by atoms with Gasteiger partial charge in [-0.05, 0) is 55.4 Å². The fraction of sp³-hybridized carbons (Fsp3) is 0.222. The molecule has 1 aliphatic carbocycles. The van der Waals surface area contributed by atoms with Gasteiger partial charge in [-0.25, -0.2) is 0 Å². The van der Waals surface area contributed by atoms with Crippen molar-refractivity contribution in [2.75, 3.05) is 5.32 Å². The summed E-state index contributed by atoms with van der Waals surface area (Å²) >= 11 is 1.43. The molecule has 5 rings (SSSR count). The van der Waals surface area contributed by atoms with Crippen LogP contribution in [0.15, 0.2) is 63.8 Å². The molecule has 0 unspecified atom stereocenters. The monoisotopic (exact) mass is 472 g/mol. The lowest BCUT2D eigenvalue weighted by Gasteiger charge is -2.13. The van der Waals surface area contributed by atoms with Crippen molar-refractivity contribution < 1.29 is 14.0 Å². The molecule has 0 atom stereocenters. The Morgan fingerprint density at radius 3 is 2.62 bits per heavy atom. The van der Waals surface area contributed by atoms with Crippen molar-refractivity contribution in [2.24, 2.45) is 0 Å². The lowest BCUT2D eigenvalue weighted by Crippen LogP contribution is -2.25. The summed E-state index contributed by atoms with van der Waals surface area (Å²) in [7, 11) is 0. The molecule has 0 spiro atoms. The maximum absolute atomic E-state index is 13.2. The highest BCUT2D eigenvalue weighted by Gasteiger charge is 2.27. The quantitative estimate of drug-likeness (QED) is 0.417. The Labute approximate surface area is 200 Å². The van der Waals surface area contributed by atoms with Gasteiger partial charge in [0.1, 0.15) is 10.6 Å². The summed E-state index contributed by atoms with van der Waals surface area (Å²) in [5.41, 5.74) is 3.42. The minimum atomic E-state index is -0.544. The topological polar surface area (TPSA) is 88.4 Å². The van der Waals surface area contributed by atoms with Crippen LogP contribution in [0.1, 0.15) is 55.3 Å². The Bertz CT molecular complexity index is 1450. The predicted molar refractivity (Wildman–Crippen MR) is 134 cm³/mol. The first-order valence-electron chi connectivity index (χ1n) is 11.3. The number of nitrogens with one attached hydrogen (secondary N) is 2. The van der Waals surface area contributed by atoms with E-state index in [1.165, 1.54) is 17.4 Å². The molecule has 2 N–H and O–H groups in total. The van der Waals surface area contributed by atoms with Crippen molar-refractivity contribution in [2.45, 2.75) is 39.2 Å². The number of hydrogen-bond donors (Lipinski definition) is 2. The molecule has 0 aliphatic heterocycles. The first kappa shape index (κ1) is 22.1.